The third-order valence-electron chi connectivity index (χ3n) is 3.14. The molecule has 2 atom stereocenters. The van der Waals surface area contributed by atoms with Gasteiger partial charge in [-0.25, -0.2) is 0 Å². The fourth-order valence-electron chi connectivity index (χ4n) is 2.07. The Balaban J connectivity index is 2.25. The van der Waals surface area contributed by atoms with E-state index in [4.69, 9.17) is 4.74 Å². The maximum Gasteiger partial charge on any atom is 0.280 e. The minimum absolute atomic E-state index is 0.132. The Kier molecular flexibility index (Phi) is 4.21. The molecule has 1 aromatic carbocycles. The van der Waals surface area contributed by atoms with E-state index in [-0.39, 0.29) is 23.1 Å². The normalized spacial score (nSPS) is 22.4. The Bertz CT molecular complexity index is 517. The highest BCUT2D eigenvalue weighted by molar-refractivity contribution is 8.00. The zero-order valence-electron chi connectivity index (χ0n) is 10.8. The van der Waals surface area contributed by atoms with Gasteiger partial charge in [0.25, 0.3) is 5.69 Å². The summed E-state index contributed by atoms with van der Waals surface area (Å²) < 4.78 is 5.48. The van der Waals surface area contributed by atoms with E-state index in [1.54, 1.807) is 23.9 Å². The summed E-state index contributed by atoms with van der Waals surface area (Å²) in [6.07, 6.45) is 1.12. The third kappa shape index (κ3) is 3.13. The molecule has 1 aliphatic rings. The molecule has 19 heavy (non-hydrogen) atoms. The largest absolute Gasteiger partial charge is 0.377 e. The third-order valence-corrected chi connectivity index (χ3v) is 4.59. The number of benzene rings is 1. The van der Waals surface area contributed by atoms with Gasteiger partial charge >= 0.3 is 0 Å². The first-order chi connectivity index (χ1) is 8.99. The van der Waals surface area contributed by atoms with Crippen molar-refractivity contribution in [3.63, 3.8) is 0 Å². The highest BCUT2D eigenvalue weighted by atomic mass is 32.2. The van der Waals surface area contributed by atoms with Crippen molar-refractivity contribution in [1.29, 1.82) is 0 Å². The highest BCUT2D eigenvalue weighted by Gasteiger charge is 2.26. The average molecular weight is 281 g/mol. The first-order valence-electron chi connectivity index (χ1n) is 6.06. The molecule has 1 saturated heterocycles. The summed E-state index contributed by atoms with van der Waals surface area (Å²) in [7, 11) is 0. The molecule has 0 bridgehead atoms. The van der Waals surface area contributed by atoms with Gasteiger partial charge in [0.15, 0.2) is 5.78 Å². The summed E-state index contributed by atoms with van der Waals surface area (Å²) in [4.78, 5) is 22.7. The summed E-state index contributed by atoms with van der Waals surface area (Å²) in [6.45, 7) is 4.10. The van der Waals surface area contributed by atoms with E-state index in [0.717, 1.165) is 17.9 Å². The Labute approximate surface area is 115 Å². The van der Waals surface area contributed by atoms with Gasteiger partial charge in [0.2, 0.25) is 0 Å². The second-order valence-electron chi connectivity index (χ2n) is 4.51. The summed E-state index contributed by atoms with van der Waals surface area (Å²) in [5.74, 6) is -0.287. The number of nitrogens with zero attached hydrogens (tertiary/aromatic N) is 1. The van der Waals surface area contributed by atoms with Crippen LogP contribution in [0.3, 0.4) is 0 Å². The molecule has 5 nitrogen and oxygen atoms in total. The van der Waals surface area contributed by atoms with Gasteiger partial charge < -0.3 is 4.74 Å². The monoisotopic (exact) mass is 281 g/mol. The van der Waals surface area contributed by atoms with Crippen molar-refractivity contribution in [3.05, 3.63) is 33.9 Å². The number of hydrogen-bond donors (Lipinski definition) is 0. The van der Waals surface area contributed by atoms with Crippen molar-refractivity contribution in [3.8, 4) is 0 Å². The zero-order valence-corrected chi connectivity index (χ0v) is 11.6. The minimum atomic E-state index is -0.521. The maximum absolute atomic E-state index is 11.5. The number of thioether (sulfide) groups is 1. The van der Waals surface area contributed by atoms with Gasteiger partial charge in [-0.2, -0.15) is 0 Å². The second kappa shape index (κ2) is 5.71. The van der Waals surface area contributed by atoms with Crippen molar-refractivity contribution < 1.29 is 14.5 Å². The number of ketones is 1. The highest BCUT2D eigenvalue weighted by Crippen LogP contribution is 2.34. The number of nitro groups is 1. The lowest BCUT2D eigenvalue weighted by molar-refractivity contribution is -0.385. The molecule has 102 valence electrons. The molecular formula is C13H15NO4S. The predicted octanol–water partition coefficient (Wildman–Crippen LogP) is 3.07. The van der Waals surface area contributed by atoms with E-state index in [9.17, 15) is 14.9 Å². The van der Waals surface area contributed by atoms with E-state index < -0.39 is 4.92 Å². The number of rotatable bonds is 4. The van der Waals surface area contributed by atoms with Gasteiger partial charge in [0.05, 0.1) is 16.6 Å². The summed E-state index contributed by atoms with van der Waals surface area (Å²) in [6, 6.07) is 4.70. The van der Waals surface area contributed by atoms with Gasteiger partial charge in [0, 0.05) is 22.8 Å². The lowest BCUT2D eigenvalue weighted by Crippen LogP contribution is -2.13. The number of nitro benzene ring substituents is 1. The van der Waals surface area contributed by atoms with Crippen LogP contribution in [0.25, 0.3) is 0 Å². The van der Waals surface area contributed by atoms with E-state index in [1.807, 2.05) is 6.92 Å². The molecule has 0 radical (unpaired) electrons. The molecule has 0 amide bonds. The number of hydrogen-bond acceptors (Lipinski definition) is 5. The molecule has 0 saturated carbocycles. The number of carbonyl (C=O) groups is 1. The van der Waals surface area contributed by atoms with Crippen LogP contribution in [0, 0.1) is 10.1 Å². The van der Waals surface area contributed by atoms with Crippen LogP contribution in [0.5, 0.6) is 0 Å². The van der Waals surface area contributed by atoms with Crippen LogP contribution in [0.15, 0.2) is 23.1 Å². The van der Waals surface area contributed by atoms with Crippen LogP contribution in [-0.2, 0) is 4.74 Å². The Hall–Kier alpha value is -1.40. The number of ether oxygens (including phenoxy) is 1. The Morgan fingerprint density at radius 1 is 1.53 bits per heavy atom. The molecule has 0 aromatic heterocycles. The van der Waals surface area contributed by atoms with E-state index >= 15 is 0 Å². The van der Waals surface area contributed by atoms with Crippen LogP contribution in [0.2, 0.25) is 0 Å². The van der Waals surface area contributed by atoms with Crippen molar-refractivity contribution in [2.24, 2.45) is 0 Å². The molecule has 2 unspecified atom stereocenters. The van der Waals surface area contributed by atoms with Gasteiger partial charge in [-0.3, -0.25) is 14.9 Å². The number of carbonyl (C=O) groups excluding carboxylic acids is 1. The van der Waals surface area contributed by atoms with Gasteiger partial charge in [-0.15, -0.1) is 11.8 Å². The smallest absolute Gasteiger partial charge is 0.280 e. The molecule has 0 spiro atoms. The molecule has 0 aliphatic carbocycles. The van der Waals surface area contributed by atoms with Crippen molar-refractivity contribution in [2.75, 3.05) is 6.61 Å². The van der Waals surface area contributed by atoms with E-state index in [0.29, 0.717) is 5.25 Å². The molecule has 1 heterocycles. The second-order valence-corrected chi connectivity index (χ2v) is 5.83. The van der Waals surface area contributed by atoms with Crippen LogP contribution < -0.4 is 0 Å². The predicted molar refractivity (Wildman–Crippen MR) is 72.8 cm³/mol. The van der Waals surface area contributed by atoms with E-state index in [2.05, 4.69) is 0 Å². The SMILES string of the molecule is CC(=O)c1cc(SC2CCOC2C)ccc1[N+](=O)[O-]. The van der Waals surface area contributed by atoms with Crippen LogP contribution in [0.1, 0.15) is 30.6 Å². The van der Waals surface area contributed by atoms with Crippen molar-refractivity contribution in [2.45, 2.75) is 36.5 Å². The first-order valence-corrected chi connectivity index (χ1v) is 6.94. The lowest BCUT2D eigenvalue weighted by atomic mass is 10.1. The van der Waals surface area contributed by atoms with Gasteiger partial charge in [0.1, 0.15) is 0 Å². The topological polar surface area (TPSA) is 69.4 Å². The van der Waals surface area contributed by atoms with Crippen LogP contribution in [-0.4, -0.2) is 28.7 Å². The maximum atomic E-state index is 11.5. The Morgan fingerprint density at radius 3 is 2.79 bits per heavy atom. The first kappa shape index (κ1) is 14.0. The Morgan fingerprint density at radius 2 is 2.26 bits per heavy atom. The number of Topliss-reactive ketones (excluding diaryl/α,β-unsaturated/α-hetero) is 1. The molecule has 1 aliphatic heterocycles. The fourth-order valence-corrected chi connectivity index (χ4v) is 3.24. The standard InChI is InChI=1S/C13H15NO4S/c1-8(15)11-7-10(3-4-12(11)14(16)17)19-13-5-6-18-9(13)2/h3-4,7,9,13H,5-6H2,1-2H3. The minimum Gasteiger partial charge on any atom is -0.377 e. The molecule has 1 aromatic rings. The zero-order chi connectivity index (χ0) is 14.0. The van der Waals surface area contributed by atoms with Crippen molar-refractivity contribution in [1.82, 2.24) is 0 Å². The van der Waals surface area contributed by atoms with E-state index in [1.165, 1.54) is 13.0 Å². The van der Waals surface area contributed by atoms with Crippen LogP contribution in [0.4, 0.5) is 5.69 Å². The molecular weight excluding hydrogens is 266 g/mol. The quantitative estimate of drug-likeness (QED) is 0.482. The molecule has 0 N–H and O–H groups in total. The average Bonchev–Trinajstić information content (AvgIpc) is 2.74. The van der Waals surface area contributed by atoms with Crippen molar-refractivity contribution >= 4 is 23.2 Å². The molecule has 2 rings (SSSR count). The van der Waals surface area contributed by atoms with Gasteiger partial charge in [-0.1, -0.05) is 0 Å². The molecule has 1 fully saturated rings. The summed E-state index contributed by atoms with van der Waals surface area (Å²) in [5, 5.41) is 11.2. The summed E-state index contributed by atoms with van der Waals surface area (Å²) >= 11 is 1.61. The van der Waals surface area contributed by atoms with Crippen LogP contribution >= 0.6 is 11.8 Å². The lowest BCUT2D eigenvalue weighted by Gasteiger charge is -2.13. The summed E-state index contributed by atoms with van der Waals surface area (Å²) in [5.41, 5.74) is 0.0362. The fraction of sp³-hybridized carbons (Fsp3) is 0.462. The molecule has 6 heteroatoms. The van der Waals surface area contributed by atoms with Gasteiger partial charge in [-0.05, 0) is 32.4 Å².